The van der Waals surface area contributed by atoms with Gasteiger partial charge in [0.05, 0.1) is 6.42 Å². The molecule has 98 valence electrons. The van der Waals surface area contributed by atoms with Crippen LogP contribution >= 0.6 is 0 Å². The van der Waals surface area contributed by atoms with E-state index in [4.69, 9.17) is 4.74 Å². The molecule has 0 aliphatic rings. The lowest BCUT2D eigenvalue weighted by Crippen LogP contribution is -2.32. The highest BCUT2D eigenvalue weighted by Crippen LogP contribution is 2.05. The van der Waals surface area contributed by atoms with Crippen molar-refractivity contribution >= 4 is 11.9 Å². The third-order valence-corrected chi connectivity index (χ3v) is 2.24. The first kappa shape index (κ1) is 14.2. The number of ether oxygens (including phenoxy) is 1. The summed E-state index contributed by atoms with van der Waals surface area (Å²) >= 11 is 0. The van der Waals surface area contributed by atoms with Crippen molar-refractivity contribution in [2.45, 2.75) is 32.9 Å². The molecular weight excluding hydrogens is 237 g/mol. The quantitative estimate of drug-likeness (QED) is 0.814. The van der Waals surface area contributed by atoms with Gasteiger partial charge in [0.15, 0.2) is 0 Å². The van der Waals surface area contributed by atoms with Gasteiger partial charge < -0.3 is 10.1 Å². The maximum absolute atomic E-state index is 12.6. The van der Waals surface area contributed by atoms with E-state index >= 15 is 0 Å². The van der Waals surface area contributed by atoms with E-state index in [0.717, 1.165) is 5.56 Å². The van der Waals surface area contributed by atoms with Crippen LogP contribution in [0.2, 0.25) is 0 Å². The van der Waals surface area contributed by atoms with E-state index in [0.29, 0.717) is 0 Å². The van der Waals surface area contributed by atoms with Crippen LogP contribution in [0, 0.1) is 5.82 Å². The fourth-order valence-electron chi connectivity index (χ4n) is 1.45. The molecule has 1 aromatic carbocycles. The number of hydrogen-bond donors (Lipinski definition) is 1. The summed E-state index contributed by atoms with van der Waals surface area (Å²) in [5.41, 5.74) is 0.719. The number of carbonyl (C=O) groups is 2. The highest BCUT2D eigenvalue weighted by atomic mass is 19.1. The summed E-state index contributed by atoms with van der Waals surface area (Å²) in [6.45, 7) is 3.22. The van der Waals surface area contributed by atoms with Crippen LogP contribution < -0.4 is 5.32 Å². The first-order valence-corrected chi connectivity index (χ1v) is 5.64. The van der Waals surface area contributed by atoms with E-state index in [-0.39, 0.29) is 30.8 Å². The molecule has 0 aromatic heterocycles. The fraction of sp³-hybridized carbons (Fsp3) is 0.385. The average Bonchev–Trinajstić information content (AvgIpc) is 2.27. The van der Waals surface area contributed by atoms with Crippen LogP contribution in [0.15, 0.2) is 24.3 Å². The van der Waals surface area contributed by atoms with Crippen LogP contribution in [0.25, 0.3) is 0 Å². The molecule has 1 N–H and O–H groups in total. The van der Waals surface area contributed by atoms with Crippen molar-refractivity contribution in [2.75, 3.05) is 0 Å². The molecule has 0 saturated heterocycles. The van der Waals surface area contributed by atoms with Gasteiger partial charge in [-0.2, -0.15) is 0 Å². The lowest BCUT2D eigenvalue weighted by Gasteiger charge is -2.11. The Kier molecular flexibility index (Phi) is 5.30. The second-order valence-electron chi connectivity index (χ2n) is 4.09. The van der Waals surface area contributed by atoms with Crippen molar-refractivity contribution in [1.29, 1.82) is 0 Å². The van der Waals surface area contributed by atoms with Crippen molar-refractivity contribution in [2.24, 2.45) is 0 Å². The zero-order valence-corrected chi connectivity index (χ0v) is 10.4. The van der Waals surface area contributed by atoms with Gasteiger partial charge in [0.2, 0.25) is 5.91 Å². The monoisotopic (exact) mass is 253 g/mol. The Morgan fingerprint density at radius 2 is 1.94 bits per heavy atom. The molecule has 0 fully saturated rings. The number of benzene rings is 1. The lowest BCUT2D eigenvalue weighted by atomic mass is 10.2. The Labute approximate surface area is 105 Å². The molecule has 0 aliphatic carbocycles. The highest BCUT2D eigenvalue weighted by Gasteiger charge is 2.11. The minimum Gasteiger partial charge on any atom is -0.461 e. The number of rotatable bonds is 5. The summed E-state index contributed by atoms with van der Waals surface area (Å²) < 4.78 is 17.6. The summed E-state index contributed by atoms with van der Waals surface area (Å²) in [6, 6.07) is 5.47. The van der Waals surface area contributed by atoms with Crippen molar-refractivity contribution < 1.29 is 18.7 Å². The first-order chi connectivity index (χ1) is 8.47. The summed E-state index contributed by atoms with van der Waals surface area (Å²) in [5, 5.41) is 2.59. The van der Waals surface area contributed by atoms with E-state index in [1.54, 1.807) is 19.1 Å². The molecule has 0 bridgehead atoms. The molecular formula is C13H16FNO3. The normalized spacial score (nSPS) is 11.7. The van der Waals surface area contributed by atoms with Crippen molar-refractivity contribution in [1.82, 2.24) is 5.32 Å². The smallest absolute Gasteiger partial charge is 0.308 e. The van der Waals surface area contributed by atoms with Gasteiger partial charge in [-0.1, -0.05) is 12.1 Å². The topological polar surface area (TPSA) is 55.4 Å². The predicted molar refractivity (Wildman–Crippen MR) is 64.1 cm³/mol. The van der Waals surface area contributed by atoms with Gasteiger partial charge in [-0.25, -0.2) is 4.39 Å². The molecule has 1 aromatic rings. The predicted octanol–water partition coefficient (Wildman–Crippen LogP) is 1.78. The largest absolute Gasteiger partial charge is 0.461 e. The second kappa shape index (κ2) is 6.74. The number of esters is 1. The Balaban J connectivity index is 2.32. The number of halogens is 1. The van der Waals surface area contributed by atoms with Crippen molar-refractivity contribution in [3.63, 3.8) is 0 Å². The molecule has 0 spiro atoms. The van der Waals surface area contributed by atoms with E-state index < -0.39 is 5.97 Å². The van der Waals surface area contributed by atoms with Crippen LogP contribution in [-0.2, 0) is 20.9 Å². The number of carbonyl (C=O) groups excluding carboxylic acids is 2. The Bertz CT molecular complexity index is 417. The zero-order valence-electron chi connectivity index (χ0n) is 10.4. The number of amides is 1. The molecule has 5 heteroatoms. The molecule has 1 atom stereocenters. The van der Waals surface area contributed by atoms with E-state index in [1.807, 2.05) is 0 Å². The molecule has 0 unspecified atom stereocenters. The highest BCUT2D eigenvalue weighted by molar-refractivity contribution is 5.75. The van der Waals surface area contributed by atoms with E-state index in [9.17, 15) is 14.0 Å². The van der Waals surface area contributed by atoms with Crippen LogP contribution in [0.5, 0.6) is 0 Å². The molecule has 0 saturated carbocycles. The molecule has 4 nitrogen and oxygen atoms in total. The molecule has 1 rings (SSSR count). The van der Waals surface area contributed by atoms with Gasteiger partial charge in [0.25, 0.3) is 0 Å². The maximum atomic E-state index is 12.6. The number of hydrogen-bond acceptors (Lipinski definition) is 3. The van der Waals surface area contributed by atoms with Gasteiger partial charge >= 0.3 is 5.97 Å². The van der Waals surface area contributed by atoms with Crippen LogP contribution in [-0.4, -0.2) is 17.9 Å². The van der Waals surface area contributed by atoms with E-state index in [2.05, 4.69) is 5.32 Å². The molecule has 0 heterocycles. The van der Waals surface area contributed by atoms with Gasteiger partial charge in [-0.15, -0.1) is 0 Å². The SMILES string of the molecule is CC(=O)N[C@H](C)CC(=O)OCc1ccc(F)cc1. The second-order valence-corrected chi connectivity index (χ2v) is 4.09. The van der Waals surface area contributed by atoms with Gasteiger partial charge in [0.1, 0.15) is 12.4 Å². The Hall–Kier alpha value is -1.91. The molecule has 18 heavy (non-hydrogen) atoms. The first-order valence-electron chi connectivity index (χ1n) is 5.64. The third-order valence-electron chi connectivity index (χ3n) is 2.24. The molecule has 1 amide bonds. The Morgan fingerprint density at radius 1 is 1.33 bits per heavy atom. The van der Waals surface area contributed by atoms with Gasteiger partial charge in [-0.3, -0.25) is 9.59 Å². The standard InChI is InChI=1S/C13H16FNO3/c1-9(15-10(2)16)7-13(17)18-8-11-3-5-12(14)6-4-11/h3-6,9H,7-8H2,1-2H3,(H,15,16)/t9-/m1/s1. The molecule has 0 radical (unpaired) electrons. The minimum absolute atomic E-state index is 0.103. The van der Waals surface area contributed by atoms with E-state index in [1.165, 1.54) is 19.1 Å². The van der Waals surface area contributed by atoms with Gasteiger partial charge in [0, 0.05) is 13.0 Å². The summed E-state index contributed by atoms with van der Waals surface area (Å²) in [5.74, 6) is -0.918. The third kappa shape index (κ3) is 5.43. The van der Waals surface area contributed by atoms with Crippen molar-refractivity contribution in [3.05, 3.63) is 35.6 Å². The molecule has 0 aliphatic heterocycles. The minimum atomic E-state index is -0.402. The average molecular weight is 253 g/mol. The van der Waals surface area contributed by atoms with Crippen LogP contribution in [0.3, 0.4) is 0 Å². The summed E-state index contributed by atoms with van der Waals surface area (Å²) in [6.07, 6.45) is 0.112. The maximum Gasteiger partial charge on any atom is 0.308 e. The fourth-order valence-corrected chi connectivity index (χ4v) is 1.45. The zero-order chi connectivity index (χ0) is 13.5. The van der Waals surface area contributed by atoms with Crippen molar-refractivity contribution in [3.8, 4) is 0 Å². The Morgan fingerprint density at radius 3 is 2.50 bits per heavy atom. The summed E-state index contributed by atoms with van der Waals surface area (Å²) in [4.78, 5) is 22.2. The van der Waals surface area contributed by atoms with Crippen LogP contribution in [0.4, 0.5) is 4.39 Å². The lowest BCUT2D eigenvalue weighted by molar-refractivity contribution is -0.145. The summed E-state index contributed by atoms with van der Waals surface area (Å²) in [7, 11) is 0. The van der Waals surface area contributed by atoms with Gasteiger partial charge in [-0.05, 0) is 24.6 Å². The van der Waals surface area contributed by atoms with Crippen LogP contribution in [0.1, 0.15) is 25.8 Å². The number of nitrogens with one attached hydrogen (secondary N) is 1.